The zero-order chi connectivity index (χ0) is 8.27. The summed E-state index contributed by atoms with van der Waals surface area (Å²) in [6.45, 7) is 1.84. The molecule has 1 heterocycles. The molecule has 0 saturated carbocycles. The number of hydrogen-bond donors (Lipinski definition) is 1. The Morgan fingerprint density at radius 3 is 3.00 bits per heavy atom. The Hall–Kier alpha value is -1.32. The number of nitrogens with one attached hydrogen (secondary N) is 1. The molecule has 1 aromatic heterocycles. The smallest absolute Gasteiger partial charge is 0.356 e. The lowest BCUT2D eigenvalue weighted by Gasteiger charge is -1.90. The Kier molecular flexibility index (Phi) is 2.25. The van der Waals surface area contributed by atoms with E-state index >= 15 is 0 Å². The quantitative estimate of drug-likeness (QED) is 0.638. The monoisotopic (exact) mass is 153 g/mol. The number of rotatable bonds is 2. The number of carbonyl (C=O) groups is 1. The topological polar surface area (TPSA) is 55.0 Å². The zero-order valence-corrected chi connectivity index (χ0v) is 6.42. The Morgan fingerprint density at radius 1 is 1.82 bits per heavy atom. The van der Waals surface area contributed by atoms with Crippen molar-refractivity contribution in [1.82, 2.24) is 10.2 Å². The summed E-state index contributed by atoms with van der Waals surface area (Å²) < 4.78 is 4.47. The number of ether oxygens (including phenoxy) is 1. The van der Waals surface area contributed by atoms with Gasteiger partial charge in [0.1, 0.15) is 5.69 Å². The van der Waals surface area contributed by atoms with E-state index in [-0.39, 0.29) is 0 Å². The van der Waals surface area contributed by atoms with Gasteiger partial charge in [0.15, 0.2) is 0 Å². The normalized spacial score (nSPS) is 9.64. The molecule has 4 nitrogen and oxygen atoms in total. The maximum absolute atomic E-state index is 10.8. The third kappa shape index (κ3) is 1.58. The largest absolute Gasteiger partial charge is 0.464 e. The van der Waals surface area contributed by atoms with E-state index < -0.39 is 5.97 Å². The first-order valence-electron chi connectivity index (χ1n) is 3.21. The van der Waals surface area contributed by atoms with Crippen molar-refractivity contribution in [3.63, 3.8) is 0 Å². The summed E-state index contributed by atoms with van der Waals surface area (Å²) in [4.78, 5) is 10.8. The van der Waals surface area contributed by atoms with Crippen LogP contribution in [-0.4, -0.2) is 23.3 Å². The number of aromatic nitrogens is 2. The van der Waals surface area contributed by atoms with Gasteiger partial charge in [-0.2, -0.15) is 5.10 Å². The molecular weight excluding hydrogens is 144 g/mol. The van der Waals surface area contributed by atoms with Gasteiger partial charge in [0.25, 0.3) is 0 Å². The van der Waals surface area contributed by atoms with E-state index in [4.69, 9.17) is 0 Å². The number of hydrogen-bond acceptors (Lipinski definition) is 3. The van der Waals surface area contributed by atoms with Crippen LogP contribution in [0.4, 0.5) is 0 Å². The predicted octanol–water partition coefficient (Wildman–Crippen LogP) is 0.769. The van der Waals surface area contributed by atoms with E-state index in [1.807, 2.05) is 6.92 Å². The van der Waals surface area contributed by atoms with Crippen LogP contribution in [-0.2, 0) is 4.74 Å². The molecule has 0 bridgehead atoms. The van der Waals surface area contributed by atoms with Gasteiger partial charge < -0.3 is 4.74 Å². The summed E-state index contributed by atoms with van der Waals surface area (Å²) in [7, 11) is 1.33. The lowest BCUT2D eigenvalue weighted by Crippen LogP contribution is -2.00. The maximum Gasteiger partial charge on any atom is 0.356 e. The minimum Gasteiger partial charge on any atom is -0.464 e. The molecule has 0 aromatic carbocycles. The zero-order valence-electron chi connectivity index (χ0n) is 6.42. The van der Waals surface area contributed by atoms with Gasteiger partial charge >= 0.3 is 5.97 Å². The average Bonchev–Trinajstić information content (AvgIpc) is 2.50. The molecule has 1 aromatic rings. The summed E-state index contributed by atoms with van der Waals surface area (Å²) in [6, 6.07) is 1.63. The highest BCUT2D eigenvalue weighted by Crippen LogP contribution is 2.02. The maximum atomic E-state index is 10.8. The van der Waals surface area contributed by atoms with Crippen molar-refractivity contribution in [2.75, 3.05) is 7.11 Å². The molecule has 59 valence electrons. The second-order valence-corrected chi connectivity index (χ2v) is 1.99. The molecule has 0 spiro atoms. The van der Waals surface area contributed by atoms with E-state index in [1.165, 1.54) is 7.11 Å². The number of H-pyrrole nitrogens is 1. The first-order valence-corrected chi connectivity index (χ1v) is 3.21. The van der Waals surface area contributed by atoms with E-state index in [9.17, 15) is 4.79 Å². The highest BCUT2D eigenvalue weighted by molar-refractivity contribution is 5.87. The first-order chi connectivity index (χ1) is 5.27. The van der Waals surface area contributed by atoms with Gasteiger partial charge in [-0.05, 0) is 6.07 Å². The van der Waals surface area contributed by atoms with Crippen molar-refractivity contribution in [1.29, 1.82) is 0 Å². The number of methoxy groups -OCH3 is 1. The molecule has 0 aliphatic carbocycles. The highest BCUT2D eigenvalue weighted by atomic mass is 16.5. The Balaban J connectivity index is 2.80. The van der Waals surface area contributed by atoms with Crippen molar-refractivity contribution in [2.45, 2.75) is 6.92 Å². The van der Waals surface area contributed by atoms with Crippen LogP contribution in [0.5, 0.6) is 0 Å². The van der Waals surface area contributed by atoms with Gasteiger partial charge in [0.2, 0.25) is 0 Å². The van der Waals surface area contributed by atoms with Gasteiger partial charge in [-0.1, -0.05) is 6.92 Å². The number of nitrogens with zero attached hydrogens (tertiary/aromatic N) is 1. The molecule has 1 N–H and O–H groups in total. The van der Waals surface area contributed by atoms with Gasteiger partial charge in [-0.15, -0.1) is 0 Å². The molecule has 1 radical (unpaired) electrons. The molecule has 0 atom stereocenters. The van der Waals surface area contributed by atoms with E-state index in [1.54, 1.807) is 12.5 Å². The lowest BCUT2D eigenvalue weighted by atomic mass is 10.3. The van der Waals surface area contributed by atoms with Crippen LogP contribution in [0, 0.1) is 6.42 Å². The molecule has 0 amide bonds. The molecule has 0 saturated heterocycles. The third-order valence-corrected chi connectivity index (χ3v) is 1.30. The van der Waals surface area contributed by atoms with Crippen LogP contribution in [0.25, 0.3) is 0 Å². The Bertz CT molecular complexity index is 255. The minimum absolute atomic E-state index is 0.376. The van der Waals surface area contributed by atoms with Crippen LogP contribution in [0.1, 0.15) is 23.1 Å². The molecule has 0 unspecified atom stereocenters. The van der Waals surface area contributed by atoms with Gasteiger partial charge in [0.05, 0.1) is 12.8 Å². The molecular formula is C7H9N2O2. The van der Waals surface area contributed by atoms with Gasteiger partial charge in [-0.3, -0.25) is 5.10 Å². The molecule has 0 fully saturated rings. The van der Waals surface area contributed by atoms with E-state index in [0.29, 0.717) is 5.69 Å². The van der Waals surface area contributed by atoms with Gasteiger partial charge in [0, 0.05) is 6.42 Å². The summed E-state index contributed by atoms with van der Waals surface area (Å²) in [6.07, 6.45) is 1.79. The van der Waals surface area contributed by atoms with Crippen molar-refractivity contribution in [3.05, 3.63) is 23.9 Å². The lowest BCUT2D eigenvalue weighted by molar-refractivity contribution is 0.0594. The van der Waals surface area contributed by atoms with Crippen LogP contribution < -0.4 is 0 Å². The Morgan fingerprint density at radius 2 is 2.55 bits per heavy atom. The molecule has 0 aliphatic heterocycles. The van der Waals surface area contributed by atoms with Crippen molar-refractivity contribution >= 4 is 5.97 Å². The SMILES string of the molecule is C[CH]c1cc(C(=O)OC)[nH]n1. The fraction of sp³-hybridized carbons (Fsp3) is 0.286. The van der Waals surface area contributed by atoms with Crippen molar-refractivity contribution < 1.29 is 9.53 Å². The van der Waals surface area contributed by atoms with Gasteiger partial charge in [-0.25, -0.2) is 4.79 Å². The predicted molar refractivity (Wildman–Crippen MR) is 39.0 cm³/mol. The van der Waals surface area contributed by atoms with E-state index in [2.05, 4.69) is 14.9 Å². The minimum atomic E-state index is -0.398. The standard InChI is InChI=1S/C7H9N2O2/c1-3-5-4-6(9-8-5)7(10)11-2/h3-4H,1-2H3,(H,8,9). The molecule has 11 heavy (non-hydrogen) atoms. The second-order valence-electron chi connectivity index (χ2n) is 1.99. The fourth-order valence-corrected chi connectivity index (χ4v) is 0.700. The molecule has 1 rings (SSSR count). The summed E-state index contributed by atoms with van der Waals surface area (Å²) >= 11 is 0. The highest BCUT2D eigenvalue weighted by Gasteiger charge is 2.07. The molecule has 4 heteroatoms. The second kappa shape index (κ2) is 3.18. The fourth-order valence-electron chi connectivity index (χ4n) is 0.700. The van der Waals surface area contributed by atoms with Crippen LogP contribution in [0.15, 0.2) is 6.07 Å². The van der Waals surface area contributed by atoms with Crippen molar-refractivity contribution in [3.8, 4) is 0 Å². The first kappa shape index (κ1) is 7.78. The average molecular weight is 153 g/mol. The van der Waals surface area contributed by atoms with Crippen LogP contribution in [0.3, 0.4) is 0 Å². The van der Waals surface area contributed by atoms with E-state index in [0.717, 1.165) is 5.69 Å². The number of carbonyl (C=O) groups excluding carboxylic acids is 1. The summed E-state index contributed by atoms with van der Waals surface area (Å²) in [5, 5.41) is 6.37. The summed E-state index contributed by atoms with van der Waals surface area (Å²) in [5.41, 5.74) is 1.12. The number of aromatic amines is 1. The summed E-state index contributed by atoms with van der Waals surface area (Å²) in [5.74, 6) is -0.398. The van der Waals surface area contributed by atoms with Crippen LogP contribution >= 0.6 is 0 Å². The molecule has 0 aliphatic rings. The third-order valence-electron chi connectivity index (χ3n) is 1.30. The number of esters is 1. The Labute approximate surface area is 64.6 Å². The van der Waals surface area contributed by atoms with Crippen molar-refractivity contribution in [2.24, 2.45) is 0 Å². The van der Waals surface area contributed by atoms with Crippen LogP contribution in [0.2, 0.25) is 0 Å².